The number of ketones is 1. The second-order valence-corrected chi connectivity index (χ2v) is 9.20. The summed E-state index contributed by atoms with van der Waals surface area (Å²) in [7, 11) is 0. The Kier molecular flexibility index (Phi) is 6.76. The number of aryl methyl sites for hydroxylation is 1. The van der Waals surface area contributed by atoms with Crippen molar-refractivity contribution in [2.75, 3.05) is 5.32 Å². The number of nitrogens with one attached hydrogen (secondary N) is 1. The number of rotatable bonds is 6. The number of fused-ring (bicyclic) bond motifs is 1. The van der Waals surface area contributed by atoms with Crippen molar-refractivity contribution in [3.05, 3.63) is 99.6 Å². The van der Waals surface area contributed by atoms with Crippen LogP contribution in [0.5, 0.6) is 5.75 Å². The molecule has 7 heteroatoms. The van der Waals surface area contributed by atoms with Crippen molar-refractivity contribution in [3.63, 3.8) is 0 Å². The lowest BCUT2D eigenvalue weighted by molar-refractivity contribution is -0.152. The number of ether oxygens (including phenoxy) is 1. The van der Waals surface area contributed by atoms with E-state index in [9.17, 15) is 19.5 Å². The number of amides is 1. The van der Waals surface area contributed by atoms with Gasteiger partial charge >= 0.3 is 5.97 Å². The van der Waals surface area contributed by atoms with Crippen LogP contribution in [0.3, 0.4) is 0 Å². The third-order valence-electron chi connectivity index (χ3n) is 5.77. The first-order valence-electron chi connectivity index (χ1n) is 11.1. The van der Waals surface area contributed by atoms with Crippen LogP contribution in [0.1, 0.15) is 52.1 Å². The number of carbonyl (C=O) groups is 3. The van der Waals surface area contributed by atoms with Crippen molar-refractivity contribution in [3.8, 4) is 5.75 Å². The molecule has 0 aromatic heterocycles. The van der Waals surface area contributed by atoms with Gasteiger partial charge in [-0.1, -0.05) is 35.9 Å². The highest BCUT2D eigenvalue weighted by molar-refractivity contribution is 6.34. The van der Waals surface area contributed by atoms with E-state index in [1.165, 1.54) is 13.8 Å². The number of allylic oxidation sites excluding steroid dienone is 1. The van der Waals surface area contributed by atoms with E-state index in [1.54, 1.807) is 54.6 Å². The number of anilines is 1. The van der Waals surface area contributed by atoms with E-state index in [2.05, 4.69) is 5.32 Å². The molecule has 178 valence electrons. The molecule has 0 atom stereocenters. The van der Waals surface area contributed by atoms with E-state index in [0.717, 1.165) is 11.1 Å². The van der Waals surface area contributed by atoms with Crippen molar-refractivity contribution in [2.45, 2.75) is 32.3 Å². The Bertz CT molecular complexity index is 1360. The fraction of sp³-hybridized carbons (Fsp3) is 0.179. The lowest BCUT2D eigenvalue weighted by atomic mass is 9.86. The van der Waals surface area contributed by atoms with Gasteiger partial charge in [0.2, 0.25) is 0 Å². The minimum absolute atomic E-state index is 0.0826. The number of halogens is 1. The zero-order chi connectivity index (χ0) is 25.2. The smallest absolute Gasteiger partial charge is 0.347 e. The van der Waals surface area contributed by atoms with E-state index >= 15 is 0 Å². The Morgan fingerprint density at radius 2 is 1.80 bits per heavy atom. The summed E-state index contributed by atoms with van der Waals surface area (Å²) in [5.74, 6) is -1.05. The number of hydrogen-bond donors (Lipinski definition) is 2. The number of aliphatic carboxylic acids is 1. The Balaban J connectivity index is 1.52. The Labute approximate surface area is 208 Å². The first kappa shape index (κ1) is 24.2. The third kappa shape index (κ3) is 5.44. The molecule has 0 heterocycles. The monoisotopic (exact) mass is 489 g/mol. The van der Waals surface area contributed by atoms with Crippen LogP contribution in [-0.2, 0) is 11.2 Å². The number of Topliss-reactive ketones (excluding diaryl/α,β-unsaturated/α-hetero) is 1. The second kappa shape index (κ2) is 9.76. The molecule has 0 fully saturated rings. The zero-order valence-corrected chi connectivity index (χ0v) is 20.1. The second-order valence-electron chi connectivity index (χ2n) is 8.79. The zero-order valence-electron chi connectivity index (χ0n) is 19.3. The molecule has 1 aliphatic rings. The highest BCUT2D eigenvalue weighted by Gasteiger charge is 2.30. The molecule has 6 nitrogen and oxygen atoms in total. The molecule has 0 saturated carbocycles. The number of hydrogen-bond acceptors (Lipinski definition) is 4. The molecular weight excluding hydrogens is 466 g/mol. The van der Waals surface area contributed by atoms with Crippen LogP contribution < -0.4 is 10.1 Å². The molecule has 4 rings (SSSR count). The summed E-state index contributed by atoms with van der Waals surface area (Å²) in [6, 6.07) is 19.1. The molecule has 0 saturated heterocycles. The van der Waals surface area contributed by atoms with Crippen molar-refractivity contribution in [1.82, 2.24) is 0 Å². The minimum Gasteiger partial charge on any atom is -0.478 e. The lowest BCUT2D eigenvalue weighted by Gasteiger charge is -2.23. The molecule has 35 heavy (non-hydrogen) atoms. The van der Waals surface area contributed by atoms with Crippen molar-refractivity contribution >= 4 is 41.0 Å². The molecule has 3 aromatic carbocycles. The molecule has 0 aliphatic heterocycles. The molecule has 0 unspecified atom stereocenters. The Morgan fingerprint density at radius 1 is 1.03 bits per heavy atom. The first-order chi connectivity index (χ1) is 16.6. The highest BCUT2D eigenvalue weighted by atomic mass is 35.5. The van der Waals surface area contributed by atoms with Crippen LogP contribution in [0, 0.1) is 0 Å². The third-order valence-corrected chi connectivity index (χ3v) is 6.10. The standard InChI is InChI=1S/C28H24ClNO5/c1-28(2,27(33)34)35-21-12-13-22-18(16-21)10-11-19(25(22)31)14-17-6-5-7-20(15-17)30-26(32)23-8-3-4-9-24(23)29/h3-9,12-16H,10-11H2,1-2H3,(H,30,32)(H,33,34). The fourth-order valence-electron chi connectivity index (χ4n) is 3.84. The summed E-state index contributed by atoms with van der Waals surface area (Å²) in [6.45, 7) is 2.96. The van der Waals surface area contributed by atoms with Crippen molar-refractivity contribution in [2.24, 2.45) is 0 Å². The van der Waals surface area contributed by atoms with Gasteiger partial charge in [0.15, 0.2) is 11.4 Å². The van der Waals surface area contributed by atoms with Gasteiger partial charge in [-0.3, -0.25) is 9.59 Å². The van der Waals surface area contributed by atoms with Crippen LogP contribution in [0.15, 0.2) is 72.3 Å². The number of benzene rings is 3. The van der Waals surface area contributed by atoms with Gasteiger partial charge < -0.3 is 15.2 Å². The van der Waals surface area contributed by atoms with Crippen LogP contribution in [-0.4, -0.2) is 28.4 Å². The summed E-state index contributed by atoms with van der Waals surface area (Å²) in [6.07, 6.45) is 2.99. The predicted molar refractivity (Wildman–Crippen MR) is 135 cm³/mol. The van der Waals surface area contributed by atoms with Crippen LogP contribution >= 0.6 is 11.6 Å². The average Bonchev–Trinajstić information content (AvgIpc) is 2.81. The largest absolute Gasteiger partial charge is 0.478 e. The molecule has 1 amide bonds. The topological polar surface area (TPSA) is 92.7 Å². The van der Waals surface area contributed by atoms with Gasteiger partial charge in [-0.15, -0.1) is 0 Å². The van der Waals surface area contributed by atoms with Crippen molar-refractivity contribution in [1.29, 1.82) is 0 Å². The van der Waals surface area contributed by atoms with Crippen LogP contribution in [0.2, 0.25) is 5.02 Å². The van der Waals surface area contributed by atoms with Gasteiger partial charge in [-0.05, 0) is 86.4 Å². The number of carbonyl (C=O) groups excluding carboxylic acids is 2. The van der Waals surface area contributed by atoms with E-state index in [4.69, 9.17) is 16.3 Å². The maximum atomic E-state index is 13.1. The molecular formula is C28H24ClNO5. The minimum atomic E-state index is -1.37. The lowest BCUT2D eigenvalue weighted by Crippen LogP contribution is -2.37. The van der Waals surface area contributed by atoms with Gasteiger partial charge in [-0.25, -0.2) is 4.79 Å². The molecule has 1 aliphatic carbocycles. The molecule has 0 radical (unpaired) electrons. The van der Waals surface area contributed by atoms with E-state index in [1.807, 2.05) is 18.2 Å². The first-order valence-corrected chi connectivity index (χ1v) is 11.5. The molecule has 3 aromatic rings. The van der Waals surface area contributed by atoms with Crippen molar-refractivity contribution < 1.29 is 24.2 Å². The van der Waals surface area contributed by atoms with Gasteiger partial charge in [0.1, 0.15) is 5.75 Å². The predicted octanol–water partition coefficient (Wildman–Crippen LogP) is 6.05. The fourth-order valence-corrected chi connectivity index (χ4v) is 4.07. The summed E-state index contributed by atoms with van der Waals surface area (Å²) in [5.41, 5.74) is 2.45. The van der Waals surface area contributed by atoms with Crippen LogP contribution in [0.4, 0.5) is 5.69 Å². The molecule has 0 bridgehead atoms. The maximum absolute atomic E-state index is 13.1. The average molecular weight is 490 g/mol. The van der Waals surface area contributed by atoms with Gasteiger partial charge in [0.25, 0.3) is 5.91 Å². The highest BCUT2D eigenvalue weighted by Crippen LogP contribution is 2.31. The van der Waals surface area contributed by atoms with E-state index in [0.29, 0.717) is 46.0 Å². The Morgan fingerprint density at radius 3 is 2.54 bits per heavy atom. The molecule has 2 N–H and O–H groups in total. The normalized spacial score (nSPS) is 14.4. The van der Waals surface area contributed by atoms with Gasteiger partial charge in [0, 0.05) is 16.8 Å². The molecule has 0 spiro atoms. The summed E-state index contributed by atoms with van der Waals surface area (Å²) in [4.78, 5) is 37.0. The van der Waals surface area contributed by atoms with Gasteiger partial charge in [0.05, 0.1) is 10.6 Å². The summed E-state index contributed by atoms with van der Waals surface area (Å²) >= 11 is 6.12. The quantitative estimate of drug-likeness (QED) is 0.411. The summed E-state index contributed by atoms with van der Waals surface area (Å²) < 4.78 is 5.60. The maximum Gasteiger partial charge on any atom is 0.347 e. The number of carboxylic acid groups (broad SMARTS) is 1. The van der Waals surface area contributed by atoms with E-state index < -0.39 is 11.6 Å². The van der Waals surface area contributed by atoms with E-state index in [-0.39, 0.29) is 11.7 Å². The Hall–Kier alpha value is -3.90. The van der Waals surface area contributed by atoms with Crippen LogP contribution in [0.25, 0.3) is 6.08 Å². The summed E-state index contributed by atoms with van der Waals surface area (Å²) in [5, 5.41) is 12.5. The number of carboxylic acids is 1. The van der Waals surface area contributed by atoms with Gasteiger partial charge in [-0.2, -0.15) is 0 Å². The SMILES string of the molecule is CC(C)(Oc1ccc2c(c1)CCC(=Cc1cccc(NC(=O)c3ccccc3Cl)c1)C2=O)C(=O)O.